The van der Waals surface area contributed by atoms with Gasteiger partial charge >= 0.3 is 0 Å². The fraction of sp³-hybridized carbons (Fsp3) is 0.200. The average Bonchev–Trinajstić information content (AvgIpc) is 2.71. The molecular formula is C25H27N3O3S. The van der Waals surface area contributed by atoms with Crippen molar-refractivity contribution in [1.29, 1.82) is 0 Å². The Balaban J connectivity index is 1.88. The Morgan fingerprint density at radius 1 is 0.875 bits per heavy atom. The second-order valence-corrected chi connectivity index (χ2v) is 9.74. The number of hydrogen-bond acceptors (Lipinski definition) is 4. The number of carbonyl (C=O) groups is 1. The minimum absolute atomic E-state index is 0.123. The number of nitrogens with zero attached hydrogens (tertiary/aromatic N) is 2. The molecule has 1 N–H and O–H groups in total. The summed E-state index contributed by atoms with van der Waals surface area (Å²) in [7, 11) is -3.96. The Kier molecular flexibility index (Phi) is 7.10. The Hall–Kier alpha value is -3.45. The van der Waals surface area contributed by atoms with Crippen molar-refractivity contribution < 1.29 is 13.2 Å². The highest BCUT2D eigenvalue weighted by Gasteiger charge is 2.27. The fourth-order valence-electron chi connectivity index (χ4n) is 3.34. The predicted molar refractivity (Wildman–Crippen MR) is 129 cm³/mol. The quantitative estimate of drug-likeness (QED) is 0.432. The molecule has 0 saturated heterocycles. The Morgan fingerprint density at radius 2 is 1.53 bits per heavy atom. The van der Waals surface area contributed by atoms with Gasteiger partial charge in [0.05, 0.1) is 16.8 Å². The molecule has 0 aliphatic rings. The molecule has 3 aromatic carbocycles. The largest absolute Gasteiger partial charge is 0.271 e. The molecule has 0 aliphatic heterocycles. The minimum Gasteiger partial charge on any atom is -0.271 e. The van der Waals surface area contributed by atoms with Crippen molar-refractivity contribution >= 4 is 27.8 Å². The number of anilines is 1. The molecule has 1 amide bonds. The van der Waals surface area contributed by atoms with Crippen LogP contribution in [-0.2, 0) is 14.8 Å². The Bertz CT molecular complexity index is 1230. The molecule has 0 aliphatic carbocycles. The zero-order valence-corrected chi connectivity index (χ0v) is 19.5. The van der Waals surface area contributed by atoms with Crippen LogP contribution >= 0.6 is 0 Å². The molecule has 0 fully saturated rings. The van der Waals surface area contributed by atoms with Crippen LogP contribution in [0.25, 0.3) is 0 Å². The van der Waals surface area contributed by atoms with Crippen molar-refractivity contribution in [3.8, 4) is 0 Å². The maximum atomic E-state index is 13.4. The van der Waals surface area contributed by atoms with Crippen LogP contribution in [0.3, 0.4) is 0 Å². The van der Waals surface area contributed by atoms with Gasteiger partial charge in [-0.05, 0) is 68.7 Å². The van der Waals surface area contributed by atoms with Crippen LogP contribution in [-0.4, -0.2) is 27.1 Å². The summed E-state index contributed by atoms with van der Waals surface area (Å²) in [5.74, 6) is -0.538. The van der Waals surface area contributed by atoms with E-state index in [4.69, 9.17) is 0 Å². The van der Waals surface area contributed by atoms with E-state index in [0.717, 1.165) is 32.1 Å². The summed E-state index contributed by atoms with van der Waals surface area (Å²) in [4.78, 5) is 12.8. The number of nitrogens with one attached hydrogen (secondary N) is 1. The van der Waals surface area contributed by atoms with E-state index in [9.17, 15) is 13.2 Å². The number of hydrazone groups is 1. The summed E-state index contributed by atoms with van der Waals surface area (Å²) in [5, 5.41) is 3.98. The van der Waals surface area contributed by atoms with Gasteiger partial charge in [-0.1, -0.05) is 53.6 Å². The van der Waals surface area contributed by atoms with E-state index in [2.05, 4.69) is 10.5 Å². The number of rotatable bonds is 7. The van der Waals surface area contributed by atoms with Crippen molar-refractivity contribution in [3.05, 3.63) is 94.5 Å². The van der Waals surface area contributed by atoms with E-state index in [1.54, 1.807) is 36.4 Å². The first kappa shape index (κ1) is 23.2. The number of amides is 1. The van der Waals surface area contributed by atoms with Crippen LogP contribution in [0.4, 0.5) is 5.69 Å². The van der Waals surface area contributed by atoms with Gasteiger partial charge in [0.2, 0.25) is 0 Å². The molecule has 0 atom stereocenters. The molecule has 166 valence electrons. The highest BCUT2D eigenvalue weighted by molar-refractivity contribution is 7.92. The van der Waals surface area contributed by atoms with E-state index in [-0.39, 0.29) is 4.90 Å². The topological polar surface area (TPSA) is 78.8 Å². The van der Waals surface area contributed by atoms with E-state index in [1.807, 2.05) is 58.0 Å². The number of carbonyl (C=O) groups excluding carboxylic acids is 1. The van der Waals surface area contributed by atoms with E-state index < -0.39 is 22.5 Å². The van der Waals surface area contributed by atoms with Gasteiger partial charge in [0.15, 0.2) is 0 Å². The number of benzene rings is 3. The molecule has 6 nitrogen and oxygen atoms in total. The van der Waals surface area contributed by atoms with Crippen molar-refractivity contribution in [3.63, 3.8) is 0 Å². The van der Waals surface area contributed by atoms with E-state index in [1.165, 1.54) is 6.21 Å². The maximum Gasteiger partial charge on any atom is 0.264 e. The van der Waals surface area contributed by atoms with Crippen LogP contribution in [0.15, 0.2) is 76.7 Å². The van der Waals surface area contributed by atoms with Crippen LogP contribution in [0.5, 0.6) is 0 Å². The monoisotopic (exact) mass is 449 g/mol. The minimum atomic E-state index is -3.96. The predicted octanol–water partition coefficient (Wildman–Crippen LogP) is 4.27. The molecular weight excluding hydrogens is 422 g/mol. The highest BCUT2D eigenvalue weighted by atomic mass is 32.2. The van der Waals surface area contributed by atoms with Gasteiger partial charge in [-0.2, -0.15) is 5.10 Å². The van der Waals surface area contributed by atoms with Crippen LogP contribution < -0.4 is 9.73 Å². The highest BCUT2D eigenvalue weighted by Crippen LogP contribution is 2.26. The van der Waals surface area contributed by atoms with Crippen molar-refractivity contribution in [2.75, 3.05) is 10.8 Å². The lowest BCUT2D eigenvalue weighted by Gasteiger charge is -2.24. The summed E-state index contributed by atoms with van der Waals surface area (Å²) >= 11 is 0. The van der Waals surface area contributed by atoms with Gasteiger partial charge in [0.1, 0.15) is 6.54 Å². The van der Waals surface area contributed by atoms with Crippen molar-refractivity contribution in [2.24, 2.45) is 5.10 Å². The van der Waals surface area contributed by atoms with Gasteiger partial charge in [0, 0.05) is 0 Å². The molecule has 3 aromatic rings. The SMILES string of the molecule is Cc1ccc(S(=O)(=O)N(CC(=O)N/N=C\c2cccc(C)c2)c2cc(C)cc(C)c2)cc1. The van der Waals surface area contributed by atoms with Gasteiger partial charge < -0.3 is 0 Å². The third-order valence-corrected chi connectivity index (χ3v) is 6.62. The van der Waals surface area contributed by atoms with Gasteiger partial charge in [-0.15, -0.1) is 0 Å². The summed E-state index contributed by atoms with van der Waals surface area (Å²) in [6, 6.07) is 19.7. The average molecular weight is 450 g/mol. The molecule has 7 heteroatoms. The smallest absolute Gasteiger partial charge is 0.264 e. The zero-order valence-electron chi connectivity index (χ0n) is 18.7. The first-order chi connectivity index (χ1) is 15.1. The van der Waals surface area contributed by atoms with E-state index in [0.29, 0.717) is 5.69 Å². The molecule has 0 saturated carbocycles. The second-order valence-electron chi connectivity index (χ2n) is 7.88. The second kappa shape index (κ2) is 9.78. The summed E-state index contributed by atoms with van der Waals surface area (Å²) in [5.41, 5.74) is 7.54. The lowest BCUT2D eigenvalue weighted by atomic mass is 10.1. The van der Waals surface area contributed by atoms with Gasteiger partial charge in [-0.3, -0.25) is 9.10 Å². The van der Waals surface area contributed by atoms with Crippen molar-refractivity contribution in [2.45, 2.75) is 32.6 Å². The lowest BCUT2D eigenvalue weighted by Crippen LogP contribution is -2.39. The fourth-order valence-corrected chi connectivity index (χ4v) is 4.75. The third-order valence-electron chi connectivity index (χ3n) is 4.84. The third kappa shape index (κ3) is 5.82. The summed E-state index contributed by atoms with van der Waals surface area (Å²) in [6.45, 7) is 7.23. The Labute approximate surface area is 189 Å². The normalized spacial score (nSPS) is 11.5. The maximum absolute atomic E-state index is 13.4. The molecule has 32 heavy (non-hydrogen) atoms. The van der Waals surface area contributed by atoms with Crippen molar-refractivity contribution in [1.82, 2.24) is 5.43 Å². The standard InChI is InChI=1S/C25H27N3O3S/c1-18-8-10-24(11-9-18)32(30,31)28(23-14-20(3)12-21(4)15-23)17-25(29)27-26-16-22-7-5-6-19(2)13-22/h5-16H,17H2,1-4H3,(H,27,29)/b26-16-. The van der Waals surface area contributed by atoms with E-state index >= 15 is 0 Å². The van der Waals surface area contributed by atoms with Crippen LogP contribution in [0.1, 0.15) is 27.8 Å². The number of sulfonamides is 1. The zero-order chi connectivity index (χ0) is 23.3. The lowest BCUT2D eigenvalue weighted by molar-refractivity contribution is -0.119. The number of hydrogen-bond donors (Lipinski definition) is 1. The van der Waals surface area contributed by atoms with Crippen LogP contribution in [0.2, 0.25) is 0 Å². The first-order valence-corrected chi connectivity index (χ1v) is 11.7. The first-order valence-electron chi connectivity index (χ1n) is 10.2. The molecule has 0 heterocycles. The molecule has 0 aromatic heterocycles. The Morgan fingerprint density at radius 3 is 2.16 bits per heavy atom. The van der Waals surface area contributed by atoms with Gasteiger partial charge in [0.25, 0.3) is 15.9 Å². The molecule has 0 unspecified atom stereocenters. The summed E-state index contributed by atoms with van der Waals surface area (Å²) < 4.78 is 28.0. The molecule has 0 bridgehead atoms. The summed E-state index contributed by atoms with van der Waals surface area (Å²) in [6.07, 6.45) is 1.53. The molecule has 0 spiro atoms. The number of aryl methyl sites for hydroxylation is 4. The molecule has 0 radical (unpaired) electrons. The van der Waals surface area contributed by atoms with Gasteiger partial charge in [-0.25, -0.2) is 13.8 Å². The molecule has 3 rings (SSSR count). The van der Waals surface area contributed by atoms with Crippen LogP contribution in [0, 0.1) is 27.7 Å².